The molecule has 0 bridgehead atoms. The fourth-order valence-electron chi connectivity index (χ4n) is 3.61. The molecule has 0 aliphatic carbocycles. The highest BCUT2D eigenvalue weighted by Crippen LogP contribution is 2.29. The molecule has 0 radical (unpaired) electrons. The highest BCUT2D eigenvalue weighted by atomic mass is 16.5. The van der Waals surface area contributed by atoms with Crippen LogP contribution < -0.4 is 4.74 Å². The van der Waals surface area contributed by atoms with Crippen LogP contribution in [-0.2, 0) is 19.6 Å². The molecule has 3 heterocycles. The molecule has 7 heteroatoms. The second-order valence-corrected chi connectivity index (χ2v) is 7.72. The number of hydrogen-bond acceptors (Lipinski definition) is 6. The van der Waals surface area contributed by atoms with Crippen molar-refractivity contribution in [1.29, 1.82) is 0 Å². The van der Waals surface area contributed by atoms with Gasteiger partial charge in [-0.3, -0.25) is 4.68 Å². The molecule has 0 atom stereocenters. The van der Waals surface area contributed by atoms with Crippen LogP contribution in [0.15, 0.2) is 76.1 Å². The fourth-order valence-corrected chi connectivity index (χ4v) is 3.61. The number of hydrogen-bond donors (Lipinski definition) is 0. The molecule has 3 aromatic heterocycles. The van der Waals surface area contributed by atoms with E-state index in [1.54, 1.807) is 12.7 Å². The number of furan rings is 1. The van der Waals surface area contributed by atoms with E-state index < -0.39 is 0 Å². The Labute approximate surface area is 185 Å². The van der Waals surface area contributed by atoms with Crippen molar-refractivity contribution in [2.45, 2.75) is 39.3 Å². The van der Waals surface area contributed by atoms with Crippen molar-refractivity contribution in [1.82, 2.24) is 19.7 Å². The number of ether oxygens (including phenoxy) is 1. The first-order valence-electron chi connectivity index (χ1n) is 10.7. The summed E-state index contributed by atoms with van der Waals surface area (Å²) >= 11 is 0. The van der Waals surface area contributed by atoms with Gasteiger partial charge in [0.1, 0.15) is 42.0 Å². The maximum atomic E-state index is 5.94. The van der Waals surface area contributed by atoms with Gasteiger partial charge in [-0.25, -0.2) is 9.97 Å². The van der Waals surface area contributed by atoms with Crippen molar-refractivity contribution in [2.24, 2.45) is 0 Å². The van der Waals surface area contributed by atoms with Crippen LogP contribution in [0.2, 0.25) is 0 Å². The van der Waals surface area contributed by atoms with Crippen LogP contribution in [0.5, 0.6) is 5.75 Å². The molecular weight excluding hydrogens is 404 g/mol. The third-order valence-electron chi connectivity index (χ3n) is 5.40. The fraction of sp³-hybridized carbons (Fsp3) is 0.240. The zero-order valence-electron chi connectivity index (χ0n) is 17.9. The number of aryl methyl sites for hydroxylation is 3. The van der Waals surface area contributed by atoms with E-state index >= 15 is 0 Å². The van der Waals surface area contributed by atoms with Crippen LogP contribution in [0, 0.1) is 6.92 Å². The maximum Gasteiger partial charge on any atom is 0.263 e. The van der Waals surface area contributed by atoms with Gasteiger partial charge in [-0.15, -0.1) is 0 Å². The minimum atomic E-state index is 0.340. The molecule has 0 aliphatic rings. The third-order valence-corrected chi connectivity index (χ3v) is 5.40. The number of unbranched alkanes of at least 4 members (excludes halogenated alkanes) is 1. The van der Waals surface area contributed by atoms with Gasteiger partial charge in [0, 0.05) is 11.9 Å². The molecule has 7 nitrogen and oxygen atoms in total. The first-order valence-corrected chi connectivity index (χ1v) is 10.7. The largest absolute Gasteiger partial charge is 0.487 e. The van der Waals surface area contributed by atoms with Crippen LogP contribution in [0.1, 0.15) is 29.9 Å². The van der Waals surface area contributed by atoms with Crippen molar-refractivity contribution in [3.8, 4) is 17.4 Å². The normalized spacial score (nSPS) is 11.3. The van der Waals surface area contributed by atoms with Crippen molar-refractivity contribution < 1.29 is 13.6 Å². The predicted molar refractivity (Wildman–Crippen MR) is 120 cm³/mol. The van der Waals surface area contributed by atoms with Crippen LogP contribution in [0.3, 0.4) is 0 Å². The van der Waals surface area contributed by atoms with Gasteiger partial charge in [-0.1, -0.05) is 30.3 Å². The first kappa shape index (κ1) is 20.1. The molecule has 0 saturated carbocycles. The SMILES string of the molecule is Cc1oc(-c2cc3ccccc3o2)nc1COc1ccc(CCCCn2cncn2)cc1. The number of para-hydroxylation sites is 1. The van der Waals surface area contributed by atoms with E-state index in [9.17, 15) is 0 Å². The minimum Gasteiger partial charge on any atom is -0.487 e. The molecule has 0 N–H and O–H groups in total. The number of aromatic nitrogens is 4. The zero-order chi connectivity index (χ0) is 21.8. The van der Waals surface area contributed by atoms with Gasteiger partial charge in [0.15, 0.2) is 5.76 Å². The number of benzene rings is 2. The highest BCUT2D eigenvalue weighted by molar-refractivity contribution is 5.81. The summed E-state index contributed by atoms with van der Waals surface area (Å²) < 4.78 is 19.5. The number of fused-ring (bicyclic) bond motifs is 1. The van der Waals surface area contributed by atoms with E-state index in [2.05, 4.69) is 27.2 Å². The van der Waals surface area contributed by atoms with Crippen LogP contribution in [-0.4, -0.2) is 19.7 Å². The van der Waals surface area contributed by atoms with E-state index in [4.69, 9.17) is 13.6 Å². The van der Waals surface area contributed by atoms with Gasteiger partial charge < -0.3 is 13.6 Å². The Bertz CT molecular complexity index is 1250. The van der Waals surface area contributed by atoms with Crippen molar-refractivity contribution in [2.75, 3.05) is 0 Å². The van der Waals surface area contributed by atoms with Crippen LogP contribution >= 0.6 is 0 Å². The Kier molecular flexibility index (Phi) is 5.70. The number of nitrogens with zero attached hydrogens (tertiary/aromatic N) is 4. The van der Waals surface area contributed by atoms with Crippen LogP contribution in [0.25, 0.3) is 22.6 Å². The van der Waals surface area contributed by atoms with Gasteiger partial charge in [-0.2, -0.15) is 5.10 Å². The van der Waals surface area contributed by atoms with E-state index in [0.29, 0.717) is 18.3 Å². The molecule has 0 saturated heterocycles. The second kappa shape index (κ2) is 9.09. The zero-order valence-corrected chi connectivity index (χ0v) is 17.9. The van der Waals surface area contributed by atoms with Crippen molar-refractivity contribution in [3.05, 3.63) is 84.3 Å². The lowest BCUT2D eigenvalue weighted by molar-refractivity contribution is 0.299. The third kappa shape index (κ3) is 4.56. The molecule has 5 rings (SSSR count). The molecule has 0 fully saturated rings. The lowest BCUT2D eigenvalue weighted by atomic mass is 10.1. The minimum absolute atomic E-state index is 0.340. The molecule has 162 valence electrons. The summed E-state index contributed by atoms with van der Waals surface area (Å²) in [6, 6.07) is 18.0. The molecule has 32 heavy (non-hydrogen) atoms. The van der Waals surface area contributed by atoms with Crippen molar-refractivity contribution in [3.63, 3.8) is 0 Å². The summed E-state index contributed by atoms with van der Waals surface area (Å²) in [6.07, 6.45) is 6.52. The summed E-state index contributed by atoms with van der Waals surface area (Å²) in [7, 11) is 0. The molecule has 5 aromatic rings. The van der Waals surface area contributed by atoms with E-state index in [1.807, 2.05) is 54.1 Å². The first-order chi connectivity index (χ1) is 15.7. The standard InChI is InChI=1S/C25H24N4O3/c1-18-22(28-25(31-18)24-14-20-7-2-3-8-23(20)32-24)15-30-21-11-9-19(10-12-21)6-4-5-13-29-17-26-16-27-29/h2-3,7-12,14,16-17H,4-6,13,15H2,1H3. The summed E-state index contributed by atoms with van der Waals surface area (Å²) in [5.41, 5.74) is 2.87. The second-order valence-electron chi connectivity index (χ2n) is 7.72. The Morgan fingerprint density at radius 3 is 2.69 bits per heavy atom. The number of rotatable bonds is 9. The average molecular weight is 428 g/mol. The van der Waals surface area contributed by atoms with Crippen molar-refractivity contribution >= 4 is 11.0 Å². The Morgan fingerprint density at radius 2 is 1.88 bits per heavy atom. The Balaban J connectivity index is 1.15. The molecule has 0 unspecified atom stereocenters. The topological polar surface area (TPSA) is 79.1 Å². The summed E-state index contributed by atoms with van der Waals surface area (Å²) in [4.78, 5) is 8.54. The average Bonchev–Trinajstić information content (AvgIpc) is 3.56. The van der Waals surface area contributed by atoms with Gasteiger partial charge >= 0.3 is 0 Å². The quantitative estimate of drug-likeness (QED) is 0.285. The summed E-state index contributed by atoms with van der Waals surface area (Å²) in [5, 5.41) is 5.15. The highest BCUT2D eigenvalue weighted by Gasteiger charge is 2.16. The summed E-state index contributed by atoms with van der Waals surface area (Å²) in [5.74, 6) is 2.63. The smallest absolute Gasteiger partial charge is 0.263 e. The van der Waals surface area contributed by atoms with Gasteiger partial charge in [0.2, 0.25) is 0 Å². The molecule has 2 aromatic carbocycles. The van der Waals surface area contributed by atoms with Gasteiger partial charge in [-0.05, 0) is 56.0 Å². The monoisotopic (exact) mass is 428 g/mol. The lowest BCUT2D eigenvalue weighted by Crippen LogP contribution is -1.99. The van der Waals surface area contributed by atoms with E-state index in [0.717, 1.165) is 54.0 Å². The van der Waals surface area contributed by atoms with Gasteiger partial charge in [0.05, 0.1) is 0 Å². The maximum absolute atomic E-state index is 5.94. The van der Waals surface area contributed by atoms with Gasteiger partial charge in [0.25, 0.3) is 5.89 Å². The van der Waals surface area contributed by atoms with Crippen LogP contribution in [0.4, 0.5) is 0 Å². The van der Waals surface area contributed by atoms with E-state index in [1.165, 1.54) is 5.56 Å². The van der Waals surface area contributed by atoms with E-state index in [-0.39, 0.29) is 0 Å². The number of oxazole rings is 1. The summed E-state index contributed by atoms with van der Waals surface area (Å²) in [6.45, 7) is 3.13. The lowest BCUT2D eigenvalue weighted by Gasteiger charge is -2.06. The Morgan fingerprint density at radius 1 is 1.00 bits per heavy atom. The Hall–Kier alpha value is -3.87. The predicted octanol–water partition coefficient (Wildman–Crippen LogP) is 5.59. The molecular formula is C25H24N4O3. The molecule has 0 spiro atoms. The molecule has 0 aliphatic heterocycles. The molecule has 0 amide bonds.